The van der Waals surface area contributed by atoms with Crippen molar-refractivity contribution in [3.05, 3.63) is 41.1 Å². The third-order valence-electron chi connectivity index (χ3n) is 4.03. The Morgan fingerprint density at radius 3 is 2.25 bits per heavy atom. The molecule has 20 heavy (non-hydrogen) atoms. The second-order valence-corrected chi connectivity index (χ2v) is 5.87. The number of anilines is 1. The molecule has 1 fully saturated rings. The number of likely N-dealkylation sites (tertiary alicyclic amines) is 1. The number of carbonyl (C=O) groups excluding carboxylic acids is 1. The Labute approximate surface area is 124 Å². The lowest BCUT2D eigenvalue weighted by Crippen LogP contribution is -2.30. The first-order valence-corrected chi connectivity index (χ1v) is 7.64. The van der Waals surface area contributed by atoms with E-state index in [1.165, 1.54) is 25.7 Å². The zero-order valence-electron chi connectivity index (χ0n) is 11.5. The van der Waals surface area contributed by atoms with Gasteiger partial charge in [0.15, 0.2) is 0 Å². The molecule has 0 N–H and O–H groups in total. The number of nitrogens with zero attached hydrogens (tertiary/aromatic N) is 2. The first-order valence-electron chi connectivity index (χ1n) is 7.26. The zero-order valence-corrected chi connectivity index (χ0v) is 12.3. The fourth-order valence-electron chi connectivity index (χ4n) is 2.89. The summed E-state index contributed by atoms with van der Waals surface area (Å²) in [5, 5.41) is 0.695. The molecule has 4 heteroatoms. The molecule has 0 spiro atoms. The highest BCUT2D eigenvalue weighted by molar-refractivity contribution is 6.30. The van der Waals surface area contributed by atoms with Crippen molar-refractivity contribution < 1.29 is 4.79 Å². The third-order valence-corrected chi connectivity index (χ3v) is 4.28. The molecule has 3 rings (SSSR count). The van der Waals surface area contributed by atoms with Crippen molar-refractivity contribution in [3.8, 4) is 0 Å². The van der Waals surface area contributed by atoms with Crippen LogP contribution in [0.2, 0.25) is 5.02 Å². The predicted octanol–water partition coefficient (Wildman–Crippen LogP) is 3.45. The second-order valence-electron chi connectivity index (χ2n) is 5.44. The fraction of sp³-hybridized carbons (Fsp3) is 0.438. The largest absolute Gasteiger partial charge is 0.373 e. The number of amides is 1. The van der Waals surface area contributed by atoms with Crippen LogP contribution in [-0.2, 0) is 4.79 Å². The molecule has 1 aromatic rings. The zero-order chi connectivity index (χ0) is 13.9. The van der Waals surface area contributed by atoms with Crippen molar-refractivity contribution in [2.45, 2.75) is 25.7 Å². The Kier molecular flexibility index (Phi) is 3.97. The van der Waals surface area contributed by atoms with Crippen LogP contribution in [0.1, 0.15) is 25.7 Å². The summed E-state index contributed by atoms with van der Waals surface area (Å²) >= 11 is 5.90. The van der Waals surface area contributed by atoms with Gasteiger partial charge >= 0.3 is 0 Å². The van der Waals surface area contributed by atoms with E-state index >= 15 is 0 Å². The molecule has 0 unspecified atom stereocenters. The van der Waals surface area contributed by atoms with Gasteiger partial charge in [0, 0.05) is 35.6 Å². The van der Waals surface area contributed by atoms with Crippen LogP contribution in [0, 0.1) is 0 Å². The smallest absolute Gasteiger partial charge is 0.253 e. The van der Waals surface area contributed by atoms with E-state index in [1.807, 2.05) is 29.2 Å². The number of benzene rings is 1. The SMILES string of the molecule is O=C1C=C(N2CCCCCC2)CN1c1ccc(Cl)cc1. The lowest BCUT2D eigenvalue weighted by molar-refractivity contribution is -0.113. The average Bonchev–Trinajstić information content (AvgIpc) is 2.66. The molecule has 1 aromatic carbocycles. The monoisotopic (exact) mass is 290 g/mol. The van der Waals surface area contributed by atoms with Gasteiger partial charge in [-0.05, 0) is 37.1 Å². The highest BCUT2D eigenvalue weighted by Crippen LogP contribution is 2.25. The molecular formula is C16H19ClN2O. The number of hydrogen-bond acceptors (Lipinski definition) is 2. The lowest BCUT2D eigenvalue weighted by atomic mass is 10.2. The van der Waals surface area contributed by atoms with E-state index in [1.54, 1.807) is 6.08 Å². The standard InChI is InChI=1S/C16H19ClN2O/c17-13-5-7-14(8-6-13)19-12-15(11-16(19)20)18-9-3-1-2-4-10-18/h5-8,11H,1-4,9-10,12H2. The van der Waals surface area contributed by atoms with Crippen LogP contribution in [-0.4, -0.2) is 30.4 Å². The van der Waals surface area contributed by atoms with Gasteiger partial charge in [0.2, 0.25) is 0 Å². The van der Waals surface area contributed by atoms with E-state index < -0.39 is 0 Å². The van der Waals surface area contributed by atoms with Gasteiger partial charge in [0.1, 0.15) is 0 Å². The highest BCUT2D eigenvalue weighted by Gasteiger charge is 2.26. The minimum Gasteiger partial charge on any atom is -0.373 e. The van der Waals surface area contributed by atoms with Gasteiger partial charge in [0.05, 0.1) is 6.54 Å². The minimum atomic E-state index is 0.0755. The Morgan fingerprint density at radius 2 is 1.60 bits per heavy atom. The van der Waals surface area contributed by atoms with Gasteiger partial charge in [-0.15, -0.1) is 0 Å². The molecule has 3 nitrogen and oxygen atoms in total. The quantitative estimate of drug-likeness (QED) is 0.833. The third kappa shape index (κ3) is 2.83. The molecule has 0 bridgehead atoms. The first kappa shape index (κ1) is 13.5. The molecule has 0 aromatic heterocycles. The van der Waals surface area contributed by atoms with E-state index in [2.05, 4.69) is 4.90 Å². The molecule has 0 aliphatic carbocycles. The Bertz CT molecular complexity index is 516. The molecule has 1 saturated heterocycles. The molecule has 2 heterocycles. The second kappa shape index (κ2) is 5.88. The fourth-order valence-corrected chi connectivity index (χ4v) is 3.02. The van der Waals surface area contributed by atoms with E-state index in [4.69, 9.17) is 11.6 Å². The van der Waals surface area contributed by atoms with Crippen LogP contribution in [0.5, 0.6) is 0 Å². The van der Waals surface area contributed by atoms with Crippen molar-refractivity contribution >= 4 is 23.2 Å². The van der Waals surface area contributed by atoms with Crippen LogP contribution in [0.25, 0.3) is 0 Å². The van der Waals surface area contributed by atoms with Crippen LogP contribution < -0.4 is 4.90 Å². The van der Waals surface area contributed by atoms with Gasteiger partial charge in [-0.2, -0.15) is 0 Å². The van der Waals surface area contributed by atoms with Gasteiger partial charge in [-0.25, -0.2) is 0 Å². The minimum absolute atomic E-state index is 0.0755. The summed E-state index contributed by atoms with van der Waals surface area (Å²) in [7, 11) is 0. The number of halogens is 1. The van der Waals surface area contributed by atoms with Crippen molar-refractivity contribution in [2.75, 3.05) is 24.5 Å². The molecule has 0 atom stereocenters. The van der Waals surface area contributed by atoms with E-state index in [-0.39, 0.29) is 5.91 Å². The van der Waals surface area contributed by atoms with Crippen LogP contribution in [0.15, 0.2) is 36.0 Å². The van der Waals surface area contributed by atoms with Crippen LogP contribution in [0.3, 0.4) is 0 Å². The summed E-state index contributed by atoms with van der Waals surface area (Å²) in [5.41, 5.74) is 2.08. The maximum absolute atomic E-state index is 12.2. The van der Waals surface area contributed by atoms with Crippen molar-refractivity contribution in [3.63, 3.8) is 0 Å². The van der Waals surface area contributed by atoms with Gasteiger partial charge in [0.25, 0.3) is 5.91 Å². The Balaban J connectivity index is 1.73. The topological polar surface area (TPSA) is 23.6 Å². The number of carbonyl (C=O) groups is 1. The van der Waals surface area contributed by atoms with Gasteiger partial charge in [-0.1, -0.05) is 24.4 Å². The number of rotatable bonds is 2. The van der Waals surface area contributed by atoms with E-state index in [0.717, 1.165) is 24.5 Å². The summed E-state index contributed by atoms with van der Waals surface area (Å²) in [5.74, 6) is 0.0755. The van der Waals surface area contributed by atoms with Crippen molar-refractivity contribution in [1.29, 1.82) is 0 Å². The average molecular weight is 291 g/mol. The molecule has 2 aliphatic rings. The predicted molar refractivity (Wildman–Crippen MR) is 81.9 cm³/mol. The summed E-state index contributed by atoms with van der Waals surface area (Å²) < 4.78 is 0. The normalized spacial score (nSPS) is 20.1. The molecule has 1 amide bonds. The van der Waals surface area contributed by atoms with Crippen LogP contribution in [0.4, 0.5) is 5.69 Å². The van der Waals surface area contributed by atoms with E-state index in [0.29, 0.717) is 11.6 Å². The van der Waals surface area contributed by atoms with Crippen molar-refractivity contribution in [1.82, 2.24) is 4.90 Å². The molecule has 2 aliphatic heterocycles. The van der Waals surface area contributed by atoms with Crippen molar-refractivity contribution in [2.24, 2.45) is 0 Å². The molecular weight excluding hydrogens is 272 g/mol. The maximum Gasteiger partial charge on any atom is 0.253 e. The van der Waals surface area contributed by atoms with Crippen LogP contribution >= 0.6 is 11.6 Å². The molecule has 106 valence electrons. The summed E-state index contributed by atoms with van der Waals surface area (Å²) in [6.07, 6.45) is 6.86. The molecule has 0 saturated carbocycles. The Morgan fingerprint density at radius 1 is 0.950 bits per heavy atom. The van der Waals surface area contributed by atoms with Gasteiger partial charge in [-0.3, -0.25) is 4.79 Å². The Hall–Kier alpha value is -1.48. The first-order chi connectivity index (χ1) is 9.74. The highest BCUT2D eigenvalue weighted by atomic mass is 35.5. The summed E-state index contributed by atoms with van der Waals surface area (Å²) in [4.78, 5) is 16.4. The lowest BCUT2D eigenvalue weighted by Gasteiger charge is -2.25. The summed E-state index contributed by atoms with van der Waals surface area (Å²) in [6.45, 7) is 2.83. The number of hydrogen-bond donors (Lipinski definition) is 0. The molecule has 0 radical (unpaired) electrons. The summed E-state index contributed by atoms with van der Waals surface area (Å²) in [6, 6.07) is 7.46. The van der Waals surface area contributed by atoms with Gasteiger partial charge < -0.3 is 9.80 Å². The van der Waals surface area contributed by atoms with E-state index in [9.17, 15) is 4.79 Å². The maximum atomic E-state index is 12.2.